The molecule has 1 fully saturated rings. The van der Waals surface area contributed by atoms with Crippen molar-refractivity contribution >= 4 is 24.2 Å². The molecule has 0 radical (unpaired) electrons. The summed E-state index contributed by atoms with van der Waals surface area (Å²) in [4.78, 5) is 24.7. The van der Waals surface area contributed by atoms with E-state index in [9.17, 15) is 9.59 Å². The average molecular weight is 264 g/mol. The Bertz CT molecular complexity index is 253. The van der Waals surface area contributed by atoms with E-state index in [2.05, 4.69) is 5.32 Å². The molecule has 0 aromatic rings. The lowest BCUT2D eigenvalue weighted by molar-refractivity contribution is -0.132. The van der Waals surface area contributed by atoms with Gasteiger partial charge in [0.25, 0.3) is 0 Å². The van der Waals surface area contributed by atoms with E-state index < -0.39 is 6.04 Å². The van der Waals surface area contributed by atoms with Gasteiger partial charge in [-0.2, -0.15) is 0 Å². The number of carbonyl (C=O) groups is 2. The van der Waals surface area contributed by atoms with Crippen LogP contribution in [0.3, 0.4) is 0 Å². The second-order valence-corrected chi connectivity index (χ2v) is 4.27. The maximum atomic E-state index is 11.7. The van der Waals surface area contributed by atoms with Crippen LogP contribution in [0.1, 0.15) is 32.6 Å². The van der Waals surface area contributed by atoms with E-state index in [1.54, 1.807) is 6.92 Å². The zero-order chi connectivity index (χ0) is 12.0. The predicted octanol–water partition coefficient (Wildman–Crippen LogP) is 0.274. The number of nitrogens with two attached hydrogens (primary N) is 1. The van der Waals surface area contributed by atoms with Crippen molar-refractivity contribution in [2.24, 2.45) is 5.73 Å². The third-order valence-electron chi connectivity index (χ3n) is 2.76. The number of nitrogens with one attached hydrogen (secondary N) is 1. The van der Waals surface area contributed by atoms with Gasteiger partial charge in [0.2, 0.25) is 11.8 Å². The Morgan fingerprint density at radius 3 is 2.41 bits per heavy atom. The first-order valence-electron chi connectivity index (χ1n) is 5.92. The van der Waals surface area contributed by atoms with Crippen LogP contribution in [-0.2, 0) is 9.59 Å². The van der Waals surface area contributed by atoms with Crippen LogP contribution in [0.4, 0.5) is 0 Å². The molecule has 17 heavy (non-hydrogen) atoms. The Morgan fingerprint density at radius 2 is 1.88 bits per heavy atom. The lowest BCUT2D eigenvalue weighted by atomic mass is 10.1. The fraction of sp³-hybridized carbons (Fsp3) is 0.818. The van der Waals surface area contributed by atoms with Crippen molar-refractivity contribution in [1.82, 2.24) is 10.2 Å². The van der Waals surface area contributed by atoms with Gasteiger partial charge in [-0.3, -0.25) is 9.59 Å². The number of likely N-dealkylation sites (tertiary alicyclic amines) is 1. The highest BCUT2D eigenvalue weighted by Gasteiger charge is 2.16. The topological polar surface area (TPSA) is 75.4 Å². The maximum Gasteiger partial charge on any atom is 0.236 e. The van der Waals surface area contributed by atoms with Gasteiger partial charge in [0, 0.05) is 26.1 Å². The number of amides is 2. The number of piperidine rings is 1. The fourth-order valence-electron chi connectivity index (χ4n) is 1.76. The molecule has 0 unspecified atom stereocenters. The quantitative estimate of drug-likeness (QED) is 0.765. The summed E-state index contributed by atoms with van der Waals surface area (Å²) in [6.45, 7) is 3.73. The van der Waals surface area contributed by atoms with Crippen LogP contribution in [-0.4, -0.2) is 42.4 Å². The summed E-state index contributed by atoms with van der Waals surface area (Å²) in [5, 5.41) is 2.64. The molecule has 6 heteroatoms. The molecule has 1 atom stereocenters. The normalized spacial score (nSPS) is 16.9. The minimum atomic E-state index is -0.509. The first-order valence-corrected chi connectivity index (χ1v) is 5.92. The molecule has 5 nitrogen and oxygen atoms in total. The van der Waals surface area contributed by atoms with Crippen LogP contribution in [0.5, 0.6) is 0 Å². The van der Waals surface area contributed by atoms with Crippen molar-refractivity contribution in [3.8, 4) is 0 Å². The molecule has 0 bridgehead atoms. The molecule has 0 spiro atoms. The summed E-state index contributed by atoms with van der Waals surface area (Å²) in [7, 11) is 0. The SMILES string of the molecule is C[C@@H](N)C(=O)NCCC(=O)N1CCCCC1.Cl. The van der Waals surface area contributed by atoms with Gasteiger partial charge < -0.3 is 16.0 Å². The monoisotopic (exact) mass is 263 g/mol. The molecule has 0 aromatic heterocycles. The summed E-state index contributed by atoms with van der Waals surface area (Å²) < 4.78 is 0. The Labute approximate surface area is 109 Å². The smallest absolute Gasteiger partial charge is 0.236 e. The number of halogens is 1. The largest absolute Gasteiger partial charge is 0.354 e. The van der Waals surface area contributed by atoms with Gasteiger partial charge in [0.1, 0.15) is 0 Å². The second kappa shape index (κ2) is 8.31. The van der Waals surface area contributed by atoms with Gasteiger partial charge >= 0.3 is 0 Å². The maximum absolute atomic E-state index is 11.7. The molecule has 1 aliphatic heterocycles. The van der Waals surface area contributed by atoms with Gasteiger partial charge in [-0.25, -0.2) is 0 Å². The molecule has 2 amide bonds. The van der Waals surface area contributed by atoms with Crippen molar-refractivity contribution in [1.29, 1.82) is 0 Å². The molecule has 1 rings (SSSR count). The highest BCUT2D eigenvalue weighted by Crippen LogP contribution is 2.09. The van der Waals surface area contributed by atoms with Gasteiger partial charge in [0.05, 0.1) is 6.04 Å². The van der Waals surface area contributed by atoms with Crippen LogP contribution in [0, 0.1) is 0 Å². The van der Waals surface area contributed by atoms with Crippen molar-refractivity contribution in [2.45, 2.75) is 38.6 Å². The third kappa shape index (κ3) is 5.89. The van der Waals surface area contributed by atoms with E-state index in [1.807, 2.05) is 4.90 Å². The minimum Gasteiger partial charge on any atom is -0.354 e. The van der Waals surface area contributed by atoms with Crippen molar-refractivity contribution in [3.05, 3.63) is 0 Å². The lowest BCUT2D eigenvalue weighted by Crippen LogP contribution is -2.41. The summed E-state index contributed by atoms with van der Waals surface area (Å²) in [6, 6.07) is -0.509. The van der Waals surface area contributed by atoms with Gasteiger partial charge in [-0.15, -0.1) is 12.4 Å². The Morgan fingerprint density at radius 1 is 1.29 bits per heavy atom. The number of nitrogens with zero attached hydrogens (tertiary/aromatic N) is 1. The highest BCUT2D eigenvalue weighted by molar-refractivity contribution is 5.85. The Balaban J connectivity index is 0.00000256. The van der Waals surface area contributed by atoms with E-state index in [1.165, 1.54) is 6.42 Å². The zero-order valence-electron chi connectivity index (χ0n) is 10.3. The van der Waals surface area contributed by atoms with Crippen molar-refractivity contribution < 1.29 is 9.59 Å². The molecule has 1 aliphatic rings. The molecule has 1 saturated heterocycles. The van der Waals surface area contributed by atoms with Crippen molar-refractivity contribution in [2.75, 3.05) is 19.6 Å². The van der Waals surface area contributed by atoms with Gasteiger partial charge in [-0.05, 0) is 26.2 Å². The van der Waals surface area contributed by atoms with E-state index >= 15 is 0 Å². The van der Waals surface area contributed by atoms with Crippen LogP contribution >= 0.6 is 12.4 Å². The van der Waals surface area contributed by atoms with E-state index in [0.29, 0.717) is 13.0 Å². The Hall–Kier alpha value is -0.810. The van der Waals surface area contributed by atoms with E-state index in [-0.39, 0.29) is 24.2 Å². The van der Waals surface area contributed by atoms with Crippen LogP contribution in [0.15, 0.2) is 0 Å². The molecule has 0 saturated carbocycles. The molecule has 0 aromatic carbocycles. The summed E-state index contributed by atoms with van der Waals surface area (Å²) >= 11 is 0. The predicted molar refractivity (Wildman–Crippen MR) is 69.0 cm³/mol. The van der Waals surface area contributed by atoms with E-state index in [0.717, 1.165) is 25.9 Å². The molecule has 3 N–H and O–H groups in total. The number of carbonyl (C=O) groups excluding carboxylic acids is 2. The zero-order valence-corrected chi connectivity index (χ0v) is 11.1. The average Bonchev–Trinajstić information content (AvgIpc) is 2.29. The first kappa shape index (κ1) is 16.2. The molecule has 100 valence electrons. The molecular weight excluding hydrogens is 242 g/mol. The lowest BCUT2D eigenvalue weighted by Gasteiger charge is -2.26. The van der Waals surface area contributed by atoms with E-state index in [4.69, 9.17) is 5.73 Å². The van der Waals surface area contributed by atoms with Crippen LogP contribution < -0.4 is 11.1 Å². The fourth-order valence-corrected chi connectivity index (χ4v) is 1.76. The third-order valence-corrected chi connectivity index (χ3v) is 2.76. The summed E-state index contributed by atoms with van der Waals surface area (Å²) in [6.07, 6.45) is 3.78. The number of rotatable bonds is 4. The molecule has 1 heterocycles. The van der Waals surface area contributed by atoms with Crippen LogP contribution in [0.25, 0.3) is 0 Å². The van der Waals surface area contributed by atoms with Gasteiger partial charge in [-0.1, -0.05) is 0 Å². The second-order valence-electron chi connectivity index (χ2n) is 4.27. The minimum absolute atomic E-state index is 0. The molecular formula is C11H22ClN3O2. The molecule has 0 aliphatic carbocycles. The first-order chi connectivity index (χ1) is 7.61. The van der Waals surface area contributed by atoms with Crippen LogP contribution in [0.2, 0.25) is 0 Å². The summed E-state index contributed by atoms with van der Waals surface area (Å²) in [5.41, 5.74) is 5.39. The number of hydrogen-bond donors (Lipinski definition) is 2. The number of hydrogen-bond acceptors (Lipinski definition) is 3. The summed E-state index contributed by atoms with van der Waals surface area (Å²) in [5.74, 6) is -0.0730. The Kier molecular flexibility index (Phi) is 7.91. The highest BCUT2D eigenvalue weighted by atomic mass is 35.5. The van der Waals surface area contributed by atoms with Crippen molar-refractivity contribution in [3.63, 3.8) is 0 Å². The standard InChI is InChI=1S/C11H21N3O2.ClH/c1-9(12)11(16)13-6-5-10(15)14-7-3-2-4-8-14;/h9H,2-8,12H2,1H3,(H,13,16);1H/t9-;/m1./s1. The van der Waals surface area contributed by atoms with Gasteiger partial charge in [0.15, 0.2) is 0 Å².